The second-order valence-corrected chi connectivity index (χ2v) is 8.55. The molecular weight excluding hydrogens is 452 g/mol. The molecule has 0 spiro atoms. The van der Waals surface area contributed by atoms with Crippen LogP contribution in [0.25, 0.3) is 22.2 Å². The van der Waals surface area contributed by atoms with Crippen LogP contribution in [0.2, 0.25) is 0 Å². The molecule has 2 heterocycles. The molecule has 0 aliphatic heterocycles. The molecule has 0 radical (unpaired) electrons. The second-order valence-electron chi connectivity index (χ2n) is 8.55. The van der Waals surface area contributed by atoms with Crippen molar-refractivity contribution < 1.29 is 13.6 Å². The van der Waals surface area contributed by atoms with Crippen molar-refractivity contribution in [1.29, 1.82) is 0 Å². The smallest absolute Gasteiger partial charge is 0.227 e. The van der Waals surface area contributed by atoms with Crippen LogP contribution in [0.15, 0.2) is 48.8 Å². The molecule has 3 N–H and O–H groups in total. The maximum absolute atomic E-state index is 14.7. The number of halogens is 2. The van der Waals surface area contributed by atoms with Gasteiger partial charge in [0, 0.05) is 55.4 Å². The van der Waals surface area contributed by atoms with E-state index in [0.717, 1.165) is 25.0 Å². The van der Waals surface area contributed by atoms with Crippen LogP contribution in [0.1, 0.15) is 6.92 Å². The lowest BCUT2D eigenvalue weighted by molar-refractivity contribution is -0.114. The average molecular weight is 480 g/mol. The first kappa shape index (κ1) is 24.1. The van der Waals surface area contributed by atoms with Gasteiger partial charge < -0.3 is 25.4 Å². The van der Waals surface area contributed by atoms with Crippen LogP contribution in [0.5, 0.6) is 0 Å². The van der Waals surface area contributed by atoms with Crippen molar-refractivity contribution in [2.75, 3.05) is 49.8 Å². The molecule has 0 aliphatic carbocycles. The van der Waals surface area contributed by atoms with E-state index in [1.807, 2.05) is 33.3 Å². The van der Waals surface area contributed by atoms with Crippen molar-refractivity contribution in [3.05, 3.63) is 60.4 Å². The Kier molecular flexibility index (Phi) is 6.92. The van der Waals surface area contributed by atoms with E-state index < -0.39 is 5.82 Å². The highest BCUT2D eigenvalue weighted by Crippen LogP contribution is 2.32. The summed E-state index contributed by atoms with van der Waals surface area (Å²) in [6, 6.07) is 9.76. The molecule has 0 atom stereocenters. The summed E-state index contributed by atoms with van der Waals surface area (Å²) >= 11 is 0. The molecule has 1 amide bonds. The predicted molar refractivity (Wildman–Crippen MR) is 135 cm³/mol. The lowest BCUT2D eigenvalue weighted by Crippen LogP contribution is -2.29. The van der Waals surface area contributed by atoms with Crippen LogP contribution in [-0.4, -0.2) is 60.0 Å². The van der Waals surface area contributed by atoms with Gasteiger partial charge in [0.1, 0.15) is 11.5 Å². The number of H-pyrrole nitrogens is 1. The standard InChI is InChI=1S/C25H27F2N7O/c1-15(35)30-22-12-17(6-8-23(22)34(4)10-9-33(2)3)31-25-29-14-20(27)24(32-25)19-13-28-21-11-16(26)5-7-18(19)21/h5-8,11-14,28H,9-10H2,1-4H3,(H,30,35)(H,29,31,32). The molecule has 0 aliphatic rings. The normalized spacial score (nSPS) is 11.2. The van der Waals surface area contributed by atoms with Crippen molar-refractivity contribution >= 4 is 39.8 Å². The van der Waals surface area contributed by atoms with Crippen molar-refractivity contribution in [2.24, 2.45) is 0 Å². The molecule has 35 heavy (non-hydrogen) atoms. The van der Waals surface area contributed by atoms with Gasteiger partial charge in [0.2, 0.25) is 11.9 Å². The summed E-state index contributed by atoms with van der Waals surface area (Å²) in [7, 11) is 5.96. The van der Waals surface area contributed by atoms with Gasteiger partial charge in [-0.1, -0.05) is 0 Å². The van der Waals surface area contributed by atoms with E-state index in [-0.39, 0.29) is 23.4 Å². The molecule has 8 nitrogen and oxygen atoms in total. The van der Waals surface area contributed by atoms with E-state index >= 15 is 0 Å². The molecule has 4 aromatic rings. The van der Waals surface area contributed by atoms with Crippen LogP contribution in [-0.2, 0) is 4.79 Å². The lowest BCUT2D eigenvalue weighted by atomic mass is 10.1. The number of likely N-dealkylation sites (N-methyl/N-ethyl adjacent to an activating group) is 2. The molecule has 0 bridgehead atoms. The van der Waals surface area contributed by atoms with Gasteiger partial charge >= 0.3 is 0 Å². The fraction of sp³-hybridized carbons (Fsp3) is 0.240. The van der Waals surface area contributed by atoms with Crippen molar-refractivity contribution in [1.82, 2.24) is 19.9 Å². The van der Waals surface area contributed by atoms with Crippen LogP contribution in [0, 0.1) is 11.6 Å². The van der Waals surface area contributed by atoms with E-state index in [9.17, 15) is 13.6 Å². The summed E-state index contributed by atoms with van der Waals surface area (Å²) in [5.41, 5.74) is 3.24. The number of aromatic nitrogens is 3. The number of nitrogens with one attached hydrogen (secondary N) is 3. The van der Waals surface area contributed by atoms with E-state index in [1.165, 1.54) is 19.1 Å². The average Bonchev–Trinajstić information content (AvgIpc) is 3.21. The van der Waals surface area contributed by atoms with Crippen molar-refractivity contribution in [3.63, 3.8) is 0 Å². The molecule has 10 heteroatoms. The van der Waals surface area contributed by atoms with E-state index in [4.69, 9.17) is 0 Å². The number of rotatable bonds is 8. The number of anilines is 4. The quantitative estimate of drug-likeness (QED) is 0.342. The van der Waals surface area contributed by atoms with Gasteiger partial charge in [-0.25, -0.2) is 18.7 Å². The first-order valence-corrected chi connectivity index (χ1v) is 11.1. The van der Waals surface area contributed by atoms with Crippen molar-refractivity contribution in [3.8, 4) is 11.3 Å². The van der Waals surface area contributed by atoms with Gasteiger partial charge in [-0.05, 0) is 50.5 Å². The number of hydrogen-bond donors (Lipinski definition) is 3. The lowest BCUT2D eigenvalue weighted by Gasteiger charge is -2.24. The van der Waals surface area contributed by atoms with Gasteiger partial charge in [0.25, 0.3) is 0 Å². The molecule has 4 rings (SSSR count). The Morgan fingerprint density at radius 3 is 2.63 bits per heavy atom. The summed E-state index contributed by atoms with van der Waals surface area (Å²) in [6.45, 7) is 3.07. The topological polar surface area (TPSA) is 89.2 Å². The summed E-state index contributed by atoms with van der Waals surface area (Å²) < 4.78 is 28.2. The Bertz CT molecular complexity index is 1370. The number of carbonyl (C=O) groups excluding carboxylic acids is 1. The third kappa shape index (κ3) is 5.55. The number of hydrogen-bond acceptors (Lipinski definition) is 6. The minimum atomic E-state index is -0.599. The molecule has 182 valence electrons. The fourth-order valence-corrected chi connectivity index (χ4v) is 3.75. The minimum Gasteiger partial charge on any atom is -0.372 e. The third-order valence-electron chi connectivity index (χ3n) is 5.50. The maximum atomic E-state index is 14.7. The molecule has 0 unspecified atom stereocenters. The van der Waals surface area contributed by atoms with E-state index in [0.29, 0.717) is 27.8 Å². The number of benzene rings is 2. The summed E-state index contributed by atoms with van der Waals surface area (Å²) in [4.78, 5) is 27.3. The van der Waals surface area contributed by atoms with Crippen LogP contribution >= 0.6 is 0 Å². The molecule has 2 aromatic heterocycles. The molecule has 2 aromatic carbocycles. The minimum absolute atomic E-state index is 0.0856. The Balaban J connectivity index is 1.64. The second kappa shape index (κ2) is 10.1. The highest BCUT2D eigenvalue weighted by Gasteiger charge is 2.16. The fourth-order valence-electron chi connectivity index (χ4n) is 3.75. The number of carbonyl (C=O) groups is 1. The molecular formula is C25H27F2N7O. The zero-order chi connectivity index (χ0) is 25.1. The summed E-state index contributed by atoms with van der Waals surface area (Å²) in [5.74, 6) is -0.999. The first-order valence-electron chi connectivity index (χ1n) is 11.1. The summed E-state index contributed by atoms with van der Waals surface area (Å²) in [5, 5.41) is 6.60. The monoisotopic (exact) mass is 479 g/mol. The van der Waals surface area contributed by atoms with Crippen molar-refractivity contribution in [2.45, 2.75) is 6.92 Å². The first-order chi connectivity index (χ1) is 16.7. The third-order valence-corrected chi connectivity index (χ3v) is 5.50. The number of fused-ring (bicyclic) bond motifs is 1. The molecule has 0 saturated carbocycles. The Hall–Kier alpha value is -4.05. The van der Waals surface area contributed by atoms with Crippen LogP contribution in [0.4, 0.5) is 31.8 Å². The SMILES string of the molecule is CC(=O)Nc1cc(Nc2ncc(F)c(-c3c[nH]c4cc(F)ccc34)n2)ccc1N(C)CCN(C)C. The zero-order valence-corrected chi connectivity index (χ0v) is 20.0. The Labute approximate surface area is 202 Å². The van der Waals surface area contributed by atoms with Crippen LogP contribution in [0.3, 0.4) is 0 Å². The number of amides is 1. The van der Waals surface area contributed by atoms with Gasteiger partial charge in [-0.15, -0.1) is 0 Å². The van der Waals surface area contributed by atoms with Gasteiger partial charge in [0.15, 0.2) is 5.82 Å². The maximum Gasteiger partial charge on any atom is 0.227 e. The predicted octanol–water partition coefficient (Wildman–Crippen LogP) is 4.60. The largest absolute Gasteiger partial charge is 0.372 e. The Morgan fingerprint density at radius 1 is 1.09 bits per heavy atom. The van der Waals surface area contributed by atoms with E-state index in [2.05, 4.69) is 35.4 Å². The van der Waals surface area contributed by atoms with E-state index in [1.54, 1.807) is 18.3 Å². The van der Waals surface area contributed by atoms with Gasteiger partial charge in [-0.3, -0.25) is 4.79 Å². The van der Waals surface area contributed by atoms with Gasteiger partial charge in [-0.2, -0.15) is 0 Å². The number of nitrogens with zero attached hydrogens (tertiary/aromatic N) is 4. The molecule has 0 fully saturated rings. The highest BCUT2D eigenvalue weighted by atomic mass is 19.1. The Morgan fingerprint density at radius 2 is 1.89 bits per heavy atom. The van der Waals surface area contributed by atoms with Gasteiger partial charge in [0.05, 0.1) is 17.6 Å². The zero-order valence-electron chi connectivity index (χ0n) is 20.0. The molecule has 0 saturated heterocycles. The summed E-state index contributed by atoms with van der Waals surface area (Å²) in [6.07, 6.45) is 2.68. The van der Waals surface area contributed by atoms with Crippen LogP contribution < -0.4 is 15.5 Å². The number of aromatic amines is 1. The highest BCUT2D eigenvalue weighted by molar-refractivity contribution is 5.95.